The number of hydrogen-bond donors (Lipinski definition) is 2. The highest BCUT2D eigenvalue weighted by Crippen LogP contribution is 2.68. The van der Waals surface area contributed by atoms with Crippen molar-refractivity contribution in [2.24, 2.45) is 11.7 Å². The second kappa shape index (κ2) is 20.3. The molecule has 406 valence electrons. The van der Waals surface area contributed by atoms with Gasteiger partial charge in [0.15, 0.2) is 21.3 Å². The Morgan fingerprint density at radius 3 is 2.17 bits per heavy atom. The SMILES string of the molecule is CN(C)CCCC[C@H](N)C(=O)N(c1nn(CC(F)(F)F)c2c(-c3ccc(C#CC(C)(C)S(C)(=O)=O)nc3[C@H](Cc3cc(F)cc(F)c3)NC(=O)Cn3nc(C(F)(F)F)c4c3C(F)(F)[C@@H]3C[C@H]43)ccc(Cl)c12)S(C)(=O)=O. The first kappa shape index (κ1) is 56.9. The Kier molecular flexibility index (Phi) is 15.4. The van der Waals surface area contributed by atoms with Crippen molar-refractivity contribution in [3.05, 3.63) is 93.0 Å². The lowest BCUT2D eigenvalue weighted by molar-refractivity contribution is -0.143. The number of alkyl halides is 8. The largest absolute Gasteiger partial charge is 0.435 e. The molecule has 28 heteroatoms. The van der Waals surface area contributed by atoms with E-state index in [0.717, 1.165) is 36.6 Å². The van der Waals surface area contributed by atoms with Gasteiger partial charge in [-0.05, 0) is 108 Å². The number of sulfonamides is 1. The van der Waals surface area contributed by atoms with E-state index in [9.17, 15) is 61.5 Å². The molecule has 3 heterocycles. The molecule has 2 aromatic carbocycles. The van der Waals surface area contributed by atoms with Crippen LogP contribution < -0.4 is 15.4 Å². The molecule has 1 fully saturated rings. The van der Waals surface area contributed by atoms with Crippen molar-refractivity contribution in [3.63, 3.8) is 0 Å². The maximum atomic E-state index is 15.6. The molecule has 5 aromatic rings. The van der Waals surface area contributed by atoms with Gasteiger partial charge in [-0.3, -0.25) is 19.0 Å². The number of carbonyl (C=O) groups is 2. The summed E-state index contributed by atoms with van der Waals surface area (Å²) in [6.45, 7) is -0.194. The third-order valence-electron chi connectivity index (χ3n) is 12.7. The van der Waals surface area contributed by atoms with Crippen LogP contribution in [-0.4, -0.2) is 108 Å². The van der Waals surface area contributed by atoms with E-state index >= 15 is 8.78 Å². The highest BCUT2D eigenvalue weighted by molar-refractivity contribution is 7.93. The number of nitrogens with two attached hydrogens (primary N) is 1. The molecule has 2 aliphatic carbocycles. The number of unbranched alkanes of at least 4 members (excludes halogenated alkanes) is 1. The van der Waals surface area contributed by atoms with Crippen LogP contribution in [0.2, 0.25) is 5.02 Å². The van der Waals surface area contributed by atoms with Gasteiger partial charge in [0, 0.05) is 34.9 Å². The van der Waals surface area contributed by atoms with E-state index in [4.69, 9.17) is 17.3 Å². The number of pyridine rings is 1. The van der Waals surface area contributed by atoms with Gasteiger partial charge < -0.3 is 16.0 Å². The van der Waals surface area contributed by atoms with Gasteiger partial charge in [0.05, 0.1) is 40.0 Å². The standard InChI is InChI=1S/C47H48ClF10N9O6S2/c1-44(2,74(5,70)71)15-14-27-10-11-28(29-12-13-32(48)37-39(29)66(23-45(51,52)53)63-42(37)67(75(6,72)73)43(69)33(59)9-7-8-16-64(3)4)38(60-27)34(19-24-17-25(49)20-26(50)18-24)61-35(68)22-65-41-36(40(62-65)47(56,57)58)30-21-31(30)46(41,54)55/h10-13,17-18,20,30-31,33-34H,7-9,16,19,21-23,59H2,1-6H3,(H,61,68)/t30-,31+,33-,34-/m0/s1. The van der Waals surface area contributed by atoms with Crippen LogP contribution in [0.4, 0.5) is 49.7 Å². The van der Waals surface area contributed by atoms with Crippen LogP contribution in [0.5, 0.6) is 0 Å². The summed E-state index contributed by atoms with van der Waals surface area (Å²) in [6.07, 6.45) is -9.06. The third kappa shape index (κ3) is 12.1. The van der Waals surface area contributed by atoms with Crippen molar-refractivity contribution < 1.29 is 70.3 Å². The molecule has 0 spiro atoms. The summed E-state index contributed by atoms with van der Waals surface area (Å²) in [5.41, 5.74) is 0.442. The minimum absolute atomic E-state index is 0.0668. The van der Waals surface area contributed by atoms with Gasteiger partial charge in [0.1, 0.15) is 40.9 Å². The number of sulfone groups is 1. The summed E-state index contributed by atoms with van der Waals surface area (Å²) < 4.78 is 199. The molecule has 0 unspecified atom stereocenters. The molecule has 75 heavy (non-hydrogen) atoms. The smallest absolute Gasteiger partial charge is 0.346 e. The molecule has 3 aromatic heterocycles. The highest BCUT2D eigenvalue weighted by atomic mass is 35.5. The van der Waals surface area contributed by atoms with Gasteiger partial charge in [0.25, 0.3) is 11.8 Å². The van der Waals surface area contributed by atoms with Crippen LogP contribution in [0.1, 0.15) is 85.4 Å². The number of fused-ring (bicyclic) bond motifs is 4. The van der Waals surface area contributed by atoms with E-state index in [0.29, 0.717) is 36.4 Å². The Balaban J connectivity index is 1.46. The van der Waals surface area contributed by atoms with Crippen molar-refractivity contribution in [1.29, 1.82) is 0 Å². The van der Waals surface area contributed by atoms with E-state index in [-0.39, 0.29) is 44.2 Å². The zero-order valence-corrected chi connectivity index (χ0v) is 43.0. The molecule has 7 rings (SSSR count). The number of benzene rings is 2. The minimum Gasteiger partial charge on any atom is -0.346 e. The molecular formula is C47H48ClF10N9O6S2. The van der Waals surface area contributed by atoms with E-state index in [1.165, 1.54) is 19.9 Å². The van der Waals surface area contributed by atoms with Crippen molar-refractivity contribution >= 4 is 60.0 Å². The second-order valence-corrected chi connectivity index (χ2v) is 24.1. The molecule has 0 saturated heterocycles. The first-order valence-corrected chi connectivity index (χ1v) is 26.9. The number of rotatable bonds is 17. The average molecular weight is 1120 g/mol. The monoisotopic (exact) mass is 1120 g/mol. The summed E-state index contributed by atoms with van der Waals surface area (Å²) in [5.74, 6) is -7.19. The zero-order chi connectivity index (χ0) is 55.7. The number of hydrogen-bond acceptors (Lipinski definition) is 11. The summed E-state index contributed by atoms with van der Waals surface area (Å²) in [4.78, 5) is 34.7. The molecular weight excluding hydrogens is 1080 g/mol. The van der Waals surface area contributed by atoms with Crippen LogP contribution in [0.3, 0.4) is 0 Å². The molecule has 1 saturated carbocycles. The number of carbonyl (C=O) groups excluding carboxylic acids is 2. The van der Waals surface area contributed by atoms with E-state index < -0.39 is 154 Å². The van der Waals surface area contributed by atoms with Crippen molar-refractivity contribution in [3.8, 4) is 23.0 Å². The molecule has 2 amide bonds. The number of nitrogens with zero attached hydrogens (tertiary/aromatic N) is 7. The van der Waals surface area contributed by atoms with Gasteiger partial charge in [0.2, 0.25) is 15.9 Å². The Bertz CT molecular complexity index is 3370. The van der Waals surface area contributed by atoms with Crippen molar-refractivity contribution in [2.45, 2.75) is 100 Å². The first-order chi connectivity index (χ1) is 34.5. The van der Waals surface area contributed by atoms with E-state index in [2.05, 4.69) is 32.3 Å². The van der Waals surface area contributed by atoms with Gasteiger partial charge in [-0.15, -0.1) is 0 Å². The number of anilines is 1. The zero-order valence-electron chi connectivity index (χ0n) is 40.6. The Morgan fingerprint density at radius 2 is 1.59 bits per heavy atom. The summed E-state index contributed by atoms with van der Waals surface area (Å²) >= 11 is 6.70. The van der Waals surface area contributed by atoms with Crippen LogP contribution in [0.25, 0.3) is 22.0 Å². The quantitative estimate of drug-likeness (QED) is 0.0528. The van der Waals surface area contributed by atoms with Crippen LogP contribution in [0.15, 0.2) is 42.5 Å². The molecule has 0 bridgehead atoms. The Labute approximate surface area is 428 Å². The minimum atomic E-state index is -5.22. The first-order valence-electron chi connectivity index (χ1n) is 22.7. The number of halogens is 11. The third-order valence-corrected chi connectivity index (χ3v) is 16.0. The second-order valence-electron chi connectivity index (χ2n) is 19.3. The predicted octanol–water partition coefficient (Wildman–Crippen LogP) is 7.64. The number of amides is 2. The van der Waals surface area contributed by atoms with E-state index in [1.807, 2.05) is 4.90 Å². The lowest BCUT2D eigenvalue weighted by Crippen LogP contribution is -2.47. The number of aromatic nitrogens is 5. The lowest BCUT2D eigenvalue weighted by Gasteiger charge is -2.23. The van der Waals surface area contributed by atoms with Crippen LogP contribution in [0, 0.1) is 29.4 Å². The highest BCUT2D eigenvalue weighted by Gasteiger charge is 2.68. The average Bonchev–Trinajstić information content (AvgIpc) is 3.78. The molecule has 3 N–H and O–H groups in total. The van der Waals surface area contributed by atoms with Crippen molar-refractivity contribution in [1.82, 2.24) is 34.8 Å². The fourth-order valence-corrected chi connectivity index (χ4v) is 10.3. The normalized spacial score (nSPS) is 17.3. The Hall–Kier alpha value is -5.82. The topological polar surface area (TPSA) is 195 Å². The van der Waals surface area contributed by atoms with Gasteiger partial charge in [-0.1, -0.05) is 30.0 Å². The molecule has 15 nitrogen and oxygen atoms in total. The maximum absolute atomic E-state index is 15.6. The summed E-state index contributed by atoms with van der Waals surface area (Å²) in [6, 6.07) is 3.37. The van der Waals surface area contributed by atoms with Crippen molar-refractivity contribution in [2.75, 3.05) is 37.5 Å². The van der Waals surface area contributed by atoms with Gasteiger partial charge in [-0.2, -0.15) is 49.6 Å². The van der Waals surface area contributed by atoms with Gasteiger partial charge in [-0.25, -0.2) is 30.6 Å². The lowest BCUT2D eigenvalue weighted by atomic mass is 9.93. The molecule has 4 atom stereocenters. The predicted molar refractivity (Wildman–Crippen MR) is 255 cm³/mol. The number of nitrogens with one attached hydrogen (secondary N) is 1. The summed E-state index contributed by atoms with van der Waals surface area (Å²) in [5, 5.41) is 8.84. The fraction of sp³-hybridized carbons (Fsp3) is 0.468. The molecule has 2 aliphatic rings. The van der Waals surface area contributed by atoms with Gasteiger partial charge >= 0.3 is 12.4 Å². The Morgan fingerprint density at radius 1 is 0.947 bits per heavy atom. The van der Waals surface area contributed by atoms with Crippen LogP contribution >= 0.6 is 11.6 Å². The fourth-order valence-electron chi connectivity index (χ4n) is 8.89. The summed E-state index contributed by atoms with van der Waals surface area (Å²) in [7, 11) is -5.11. The van der Waals surface area contributed by atoms with Crippen LogP contribution in [-0.2, 0) is 61.1 Å². The molecule has 0 radical (unpaired) electrons. The van der Waals surface area contributed by atoms with E-state index in [1.54, 1.807) is 14.1 Å². The molecule has 0 aliphatic heterocycles. The maximum Gasteiger partial charge on any atom is 0.435 e.